The number of carboxylic acid groups (broad SMARTS) is 1. The van der Waals surface area contributed by atoms with Gasteiger partial charge in [0.15, 0.2) is 0 Å². The number of esters is 1. The Morgan fingerprint density at radius 1 is 1.17 bits per heavy atom. The molecule has 23 heavy (non-hydrogen) atoms. The van der Waals surface area contributed by atoms with Crippen molar-refractivity contribution in [1.82, 2.24) is 0 Å². The van der Waals surface area contributed by atoms with Crippen LogP contribution in [0.5, 0.6) is 5.75 Å². The number of carbonyl (C=O) groups excluding carboxylic acids is 1. The molecule has 0 atom stereocenters. The minimum Gasteiger partial charge on any atom is -1.00 e. The molecule has 0 amide bonds. The van der Waals surface area contributed by atoms with Crippen LogP contribution < -0.4 is 22.9 Å². The smallest absolute Gasteiger partial charge is 1.00 e. The Hall–Kier alpha value is -1.59. The van der Waals surface area contributed by atoms with Crippen LogP contribution in [0.25, 0.3) is 0 Å². The molecule has 3 N–H and O–H groups in total. The third kappa shape index (κ3) is 6.20. The second-order valence-electron chi connectivity index (χ2n) is 5.91. The molecule has 5 nitrogen and oxygen atoms in total. The number of aryl methyl sites for hydroxylation is 1. The van der Waals surface area contributed by atoms with Crippen molar-refractivity contribution in [3.63, 3.8) is 0 Å². The lowest BCUT2D eigenvalue weighted by molar-refractivity contribution is -0.140. The van der Waals surface area contributed by atoms with Crippen LogP contribution in [0.3, 0.4) is 0 Å². The second kappa shape index (κ2) is 9.53. The highest BCUT2D eigenvalue weighted by Gasteiger charge is 2.27. The van der Waals surface area contributed by atoms with Crippen molar-refractivity contribution in [3.05, 3.63) is 29.8 Å². The molecular weight excluding hydrogens is 318 g/mol. The van der Waals surface area contributed by atoms with Gasteiger partial charge in [-0.05, 0) is 62.3 Å². The van der Waals surface area contributed by atoms with Crippen LogP contribution in [0.1, 0.15) is 39.1 Å². The lowest BCUT2D eigenvalue weighted by Gasteiger charge is -2.26. The average molecular weight is 342 g/mol. The zero-order valence-electron chi connectivity index (χ0n) is 14.0. The molecule has 0 spiro atoms. The molecule has 0 aromatic heterocycles. The fraction of sp³-hybridized carbons (Fsp3) is 0.529. The van der Waals surface area contributed by atoms with Gasteiger partial charge in [0.1, 0.15) is 5.75 Å². The van der Waals surface area contributed by atoms with Crippen molar-refractivity contribution in [3.8, 4) is 5.75 Å². The van der Waals surface area contributed by atoms with Gasteiger partial charge in [0.2, 0.25) is 0 Å². The van der Waals surface area contributed by atoms with Crippen LogP contribution in [0, 0.1) is 11.8 Å². The molecule has 0 unspecified atom stereocenters. The molecule has 128 valence electrons. The van der Waals surface area contributed by atoms with E-state index in [-0.39, 0.29) is 32.1 Å². The number of ether oxygens (including phenoxy) is 1. The standard InChI is InChI=1S/C17H23NO4.ClH/c18-11-13-1-6-14(7-2-13)17(21)22-15-8-3-12(4-9-15)5-10-16(19)20;/h3-4,8-9,13-14H,1-2,5-7,10-11,18H2,(H,19,20);1H. The molecule has 0 radical (unpaired) electrons. The number of aliphatic carboxylic acids is 1. The first kappa shape index (κ1) is 19.5. The van der Waals surface area contributed by atoms with E-state index < -0.39 is 5.97 Å². The molecule has 1 saturated carbocycles. The number of rotatable bonds is 6. The summed E-state index contributed by atoms with van der Waals surface area (Å²) >= 11 is 0. The first-order valence-electron chi connectivity index (χ1n) is 7.81. The maximum Gasteiger partial charge on any atom is 1.00 e. The molecule has 0 aliphatic heterocycles. The van der Waals surface area contributed by atoms with Crippen LogP contribution in [0.2, 0.25) is 0 Å². The lowest BCUT2D eigenvalue weighted by atomic mass is 9.82. The topological polar surface area (TPSA) is 89.6 Å². The van der Waals surface area contributed by atoms with Gasteiger partial charge in [-0.2, -0.15) is 0 Å². The van der Waals surface area contributed by atoms with E-state index in [0.717, 1.165) is 31.2 Å². The second-order valence-corrected chi connectivity index (χ2v) is 5.91. The fourth-order valence-corrected chi connectivity index (χ4v) is 2.81. The minimum atomic E-state index is -0.816. The number of carboxylic acids is 1. The zero-order chi connectivity index (χ0) is 15.9. The summed E-state index contributed by atoms with van der Waals surface area (Å²) in [6.45, 7) is 0.694. The third-order valence-corrected chi connectivity index (χ3v) is 4.28. The number of hydrogen-bond acceptors (Lipinski definition) is 4. The van der Waals surface area contributed by atoms with Gasteiger partial charge in [-0.1, -0.05) is 12.1 Å². The van der Waals surface area contributed by atoms with Gasteiger partial charge in [-0.3, -0.25) is 9.59 Å². The van der Waals surface area contributed by atoms with Crippen LogP contribution in [0.4, 0.5) is 0 Å². The summed E-state index contributed by atoms with van der Waals surface area (Å²) in [7, 11) is 0. The highest BCUT2D eigenvalue weighted by atomic mass is 35.5. The quantitative estimate of drug-likeness (QED) is 0.537. The number of nitrogens with two attached hydrogens (primary N) is 1. The summed E-state index contributed by atoms with van der Waals surface area (Å²) in [6.07, 6.45) is 4.25. The van der Waals surface area contributed by atoms with E-state index >= 15 is 0 Å². The molecule has 6 heteroatoms. The van der Waals surface area contributed by atoms with Gasteiger partial charge < -0.3 is 28.0 Å². The van der Waals surface area contributed by atoms with Crippen LogP contribution in [-0.4, -0.2) is 23.6 Å². The van der Waals surface area contributed by atoms with Crippen LogP contribution in [-0.2, 0) is 16.0 Å². The number of carbonyl (C=O) groups is 2. The summed E-state index contributed by atoms with van der Waals surface area (Å²) in [5.74, 6) is 0.0365. The highest BCUT2D eigenvalue weighted by molar-refractivity contribution is 5.75. The summed E-state index contributed by atoms with van der Waals surface area (Å²) in [4.78, 5) is 22.7. The van der Waals surface area contributed by atoms with Gasteiger partial charge in [0, 0.05) is 6.42 Å². The molecule has 0 bridgehead atoms. The Bertz CT molecular complexity index is 516. The minimum absolute atomic E-state index is 0. The largest absolute Gasteiger partial charge is 1.00 e. The Labute approximate surface area is 144 Å². The van der Waals surface area contributed by atoms with Crippen LogP contribution in [0.15, 0.2) is 24.3 Å². The van der Waals surface area contributed by atoms with E-state index in [1.54, 1.807) is 24.3 Å². The van der Waals surface area contributed by atoms with Gasteiger partial charge >= 0.3 is 13.4 Å². The molecule has 0 saturated heterocycles. The SMILES string of the molecule is NCC1CCC(C(=O)Oc2ccc(CCC(=O)O)cc2)CC1.[Cl-].[H+]. The maximum absolute atomic E-state index is 12.1. The van der Waals surface area contributed by atoms with E-state index in [1.807, 2.05) is 0 Å². The van der Waals surface area contributed by atoms with Crippen molar-refractivity contribution in [2.45, 2.75) is 38.5 Å². The Balaban J connectivity index is 0.00000264. The van der Waals surface area contributed by atoms with E-state index in [4.69, 9.17) is 15.6 Å². The Kier molecular flexibility index (Phi) is 8.06. The Morgan fingerprint density at radius 3 is 2.30 bits per heavy atom. The highest BCUT2D eigenvalue weighted by Crippen LogP contribution is 2.29. The van der Waals surface area contributed by atoms with Gasteiger partial charge in [0.25, 0.3) is 0 Å². The first-order valence-corrected chi connectivity index (χ1v) is 7.81. The normalized spacial score (nSPS) is 20.4. The molecule has 1 aliphatic carbocycles. The summed E-state index contributed by atoms with van der Waals surface area (Å²) in [6, 6.07) is 7.05. The zero-order valence-corrected chi connectivity index (χ0v) is 13.8. The van der Waals surface area contributed by atoms with Crippen molar-refractivity contribution in [1.29, 1.82) is 0 Å². The number of halogens is 1. The van der Waals surface area contributed by atoms with Gasteiger partial charge in [0.05, 0.1) is 5.92 Å². The van der Waals surface area contributed by atoms with Crippen molar-refractivity contribution in [2.24, 2.45) is 17.6 Å². The van der Waals surface area contributed by atoms with Crippen LogP contribution >= 0.6 is 0 Å². The van der Waals surface area contributed by atoms with E-state index in [9.17, 15) is 9.59 Å². The number of benzene rings is 1. The molecule has 0 heterocycles. The summed E-state index contributed by atoms with van der Waals surface area (Å²) in [5, 5.41) is 8.65. The molecule has 2 rings (SSSR count). The fourth-order valence-electron chi connectivity index (χ4n) is 2.81. The summed E-state index contributed by atoms with van der Waals surface area (Å²) < 4.78 is 5.42. The Morgan fingerprint density at radius 2 is 1.78 bits per heavy atom. The van der Waals surface area contributed by atoms with E-state index in [1.165, 1.54) is 0 Å². The molecule has 1 fully saturated rings. The predicted octanol–water partition coefficient (Wildman–Crippen LogP) is -0.509. The van der Waals surface area contributed by atoms with E-state index in [0.29, 0.717) is 24.6 Å². The molecular formula is C17H24ClNO4. The van der Waals surface area contributed by atoms with Gasteiger partial charge in [-0.25, -0.2) is 0 Å². The van der Waals surface area contributed by atoms with E-state index in [2.05, 4.69) is 0 Å². The molecule has 1 aliphatic rings. The molecule has 1 aromatic carbocycles. The monoisotopic (exact) mass is 341 g/mol. The maximum atomic E-state index is 12.1. The van der Waals surface area contributed by atoms with Crippen molar-refractivity contribution < 1.29 is 33.3 Å². The van der Waals surface area contributed by atoms with Crippen molar-refractivity contribution in [2.75, 3.05) is 6.54 Å². The third-order valence-electron chi connectivity index (χ3n) is 4.28. The molecule has 1 aromatic rings. The van der Waals surface area contributed by atoms with Crippen molar-refractivity contribution >= 4 is 11.9 Å². The average Bonchev–Trinajstić information content (AvgIpc) is 2.54. The van der Waals surface area contributed by atoms with Gasteiger partial charge in [-0.15, -0.1) is 0 Å². The first-order chi connectivity index (χ1) is 10.6. The lowest BCUT2D eigenvalue weighted by Crippen LogP contribution is -3.00. The number of hydrogen-bond donors (Lipinski definition) is 2. The summed E-state index contributed by atoms with van der Waals surface area (Å²) in [5.41, 5.74) is 6.57. The predicted molar refractivity (Wildman–Crippen MR) is 83.6 cm³/mol.